The van der Waals surface area contributed by atoms with Gasteiger partial charge in [-0.2, -0.15) is 13.2 Å². The van der Waals surface area contributed by atoms with Crippen molar-refractivity contribution >= 4 is 17.4 Å². The van der Waals surface area contributed by atoms with Crippen molar-refractivity contribution in [2.45, 2.75) is 12.7 Å². The van der Waals surface area contributed by atoms with E-state index in [1.807, 2.05) is 0 Å². The zero-order valence-corrected chi connectivity index (χ0v) is 15.9. The third kappa shape index (κ3) is 4.20. The molecule has 1 N–H and O–H groups in total. The number of carbonyl (C=O) groups is 2. The Bertz CT molecular complexity index is 1000. The van der Waals surface area contributed by atoms with E-state index in [0.29, 0.717) is 5.56 Å². The molecule has 0 saturated carbocycles. The number of halogens is 4. The number of rotatable bonds is 6. The maximum Gasteiger partial charge on any atom is 0.416 e. The highest BCUT2D eigenvalue weighted by Gasteiger charge is 2.41. The van der Waals surface area contributed by atoms with Crippen LogP contribution in [0.5, 0.6) is 0 Å². The van der Waals surface area contributed by atoms with Crippen LogP contribution in [-0.2, 0) is 22.3 Å². The van der Waals surface area contributed by atoms with E-state index in [4.69, 9.17) is 0 Å². The van der Waals surface area contributed by atoms with Gasteiger partial charge in [0.2, 0.25) is 0 Å². The summed E-state index contributed by atoms with van der Waals surface area (Å²) >= 11 is 0. The van der Waals surface area contributed by atoms with E-state index in [1.165, 1.54) is 36.2 Å². The zero-order chi connectivity index (χ0) is 22.1. The molecular weight excluding hydrogens is 404 g/mol. The summed E-state index contributed by atoms with van der Waals surface area (Å²) in [4.78, 5) is 28.3. The molecule has 2 aromatic carbocycles. The monoisotopic (exact) mass is 422 g/mol. The van der Waals surface area contributed by atoms with Gasteiger partial charge in [0, 0.05) is 13.6 Å². The molecule has 0 bridgehead atoms. The van der Waals surface area contributed by atoms with E-state index < -0.39 is 29.4 Å². The van der Waals surface area contributed by atoms with E-state index >= 15 is 0 Å². The molecule has 2 amide bonds. The molecule has 0 fully saturated rings. The molecule has 0 aliphatic carbocycles. The highest BCUT2D eigenvalue weighted by molar-refractivity contribution is 6.35. The number of carbonyl (C=O) groups excluding carboxylic acids is 2. The summed E-state index contributed by atoms with van der Waals surface area (Å²) in [5.41, 5.74) is -0.462. The van der Waals surface area contributed by atoms with Crippen molar-refractivity contribution in [2.24, 2.45) is 0 Å². The van der Waals surface area contributed by atoms with Crippen LogP contribution < -0.4 is 0 Å². The van der Waals surface area contributed by atoms with Gasteiger partial charge in [-0.25, -0.2) is 4.39 Å². The van der Waals surface area contributed by atoms with Gasteiger partial charge in [-0.1, -0.05) is 24.3 Å². The van der Waals surface area contributed by atoms with Crippen LogP contribution in [0.25, 0.3) is 5.57 Å². The van der Waals surface area contributed by atoms with E-state index in [2.05, 4.69) is 0 Å². The van der Waals surface area contributed by atoms with E-state index in [1.54, 1.807) is 0 Å². The fraction of sp³-hybridized carbons (Fsp3) is 0.238. The Morgan fingerprint density at radius 2 is 1.70 bits per heavy atom. The number of imide groups is 1. The van der Waals surface area contributed by atoms with E-state index in [9.17, 15) is 32.3 Å². The Balaban J connectivity index is 1.99. The number of alkyl halides is 3. The molecule has 1 aliphatic heterocycles. The van der Waals surface area contributed by atoms with Gasteiger partial charge in [-0.3, -0.25) is 14.5 Å². The highest BCUT2D eigenvalue weighted by atomic mass is 19.4. The predicted molar refractivity (Wildman–Crippen MR) is 100 cm³/mol. The molecule has 3 rings (SSSR count). The SMILES string of the molecule is CN(CCO)C1=C(c2ccc(F)cc2)C(=O)N(Cc2cccc(C(F)(F)F)c2)C1=O. The van der Waals surface area contributed by atoms with E-state index in [0.717, 1.165) is 29.2 Å². The third-order valence-corrected chi connectivity index (χ3v) is 4.69. The fourth-order valence-corrected chi connectivity index (χ4v) is 3.23. The molecule has 1 heterocycles. The van der Waals surface area contributed by atoms with Gasteiger partial charge >= 0.3 is 6.18 Å². The van der Waals surface area contributed by atoms with Crippen LogP contribution >= 0.6 is 0 Å². The van der Waals surface area contributed by atoms with Crippen LogP contribution in [0.15, 0.2) is 54.2 Å². The Kier molecular flexibility index (Phi) is 5.93. The molecule has 0 spiro atoms. The average Bonchev–Trinajstić information content (AvgIpc) is 2.93. The van der Waals surface area contributed by atoms with Crippen molar-refractivity contribution in [3.05, 3.63) is 76.7 Å². The second kappa shape index (κ2) is 8.27. The van der Waals surface area contributed by atoms with Gasteiger partial charge in [-0.05, 0) is 35.4 Å². The Morgan fingerprint density at radius 3 is 2.30 bits per heavy atom. The average molecular weight is 422 g/mol. The van der Waals surface area contributed by atoms with Crippen molar-refractivity contribution in [3.8, 4) is 0 Å². The standard InChI is InChI=1S/C21H18F4N2O3/c1-26(9-10-28)18-17(14-5-7-16(22)8-6-14)19(29)27(20(18)30)12-13-3-2-4-15(11-13)21(23,24)25/h2-8,11,28H,9-10,12H2,1H3. The summed E-state index contributed by atoms with van der Waals surface area (Å²) in [5.74, 6) is -1.93. The van der Waals surface area contributed by atoms with Gasteiger partial charge < -0.3 is 10.0 Å². The number of hydrogen-bond donors (Lipinski definition) is 1. The Hall–Kier alpha value is -3.20. The van der Waals surface area contributed by atoms with Crippen molar-refractivity contribution < 1.29 is 32.3 Å². The van der Waals surface area contributed by atoms with Gasteiger partial charge in [-0.15, -0.1) is 0 Å². The Labute approximate surface area is 169 Å². The van der Waals surface area contributed by atoms with Crippen LogP contribution in [0.4, 0.5) is 17.6 Å². The Morgan fingerprint density at radius 1 is 1.03 bits per heavy atom. The minimum Gasteiger partial charge on any atom is -0.395 e. The lowest BCUT2D eigenvalue weighted by Gasteiger charge is -2.20. The minimum atomic E-state index is -4.56. The first-order valence-electron chi connectivity index (χ1n) is 8.98. The lowest BCUT2D eigenvalue weighted by atomic mass is 10.0. The number of hydrogen-bond acceptors (Lipinski definition) is 4. The quantitative estimate of drug-likeness (QED) is 0.574. The highest BCUT2D eigenvalue weighted by Crippen LogP contribution is 2.33. The lowest BCUT2D eigenvalue weighted by Crippen LogP contribution is -2.34. The molecule has 0 unspecified atom stereocenters. The van der Waals surface area contributed by atoms with Crippen LogP contribution in [-0.4, -0.2) is 46.9 Å². The molecule has 0 atom stereocenters. The number of aliphatic hydroxyl groups is 1. The lowest BCUT2D eigenvalue weighted by molar-refractivity contribution is -0.138. The van der Waals surface area contributed by atoms with Gasteiger partial charge in [0.15, 0.2) is 0 Å². The van der Waals surface area contributed by atoms with Gasteiger partial charge in [0.25, 0.3) is 11.8 Å². The van der Waals surface area contributed by atoms with Crippen molar-refractivity contribution in [3.63, 3.8) is 0 Å². The smallest absolute Gasteiger partial charge is 0.395 e. The second-order valence-corrected chi connectivity index (χ2v) is 6.77. The van der Waals surface area contributed by atoms with Gasteiger partial charge in [0.1, 0.15) is 11.5 Å². The van der Waals surface area contributed by atoms with Crippen molar-refractivity contribution in [2.75, 3.05) is 20.2 Å². The molecule has 0 saturated heterocycles. The second-order valence-electron chi connectivity index (χ2n) is 6.77. The van der Waals surface area contributed by atoms with Crippen LogP contribution in [0.2, 0.25) is 0 Å². The number of benzene rings is 2. The van der Waals surface area contributed by atoms with E-state index in [-0.39, 0.29) is 36.5 Å². The first-order chi connectivity index (χ1) is 14.1. The molecule has 9 heteroatoms. The molecule has 5 nitrogen and oxygen atoms in total. The maximum atomic E-state index is 13.3. The zero-order valence-electron chi connectivity index (χ0n) is 15.9. The molecule has 2 aromatic rings. The molecular formula is C21H18F4N2O3. The summed E-state index contributed by atoms with van der Waals surface area (Å²) in [7, 11) is 1.51. The summed E-state index contributed by atoms with van der Waals surface area (Å²) in [5, 5.41) is 9.22. The topological polar surface area (TPSA) is 60.9 Å². The number of likely N-dealkylation sites (N-methyl/N-ethyl adjacent to an activating group) is 1. The third-order valence-electron chi connectivity index (χ3n) is 4.69. The first kappa shape index (κ1) is 21.5. The minimum absolute atomic E-state index is 0.00271. The maximum absolute atomic E-state index is 13.3. The van der Waals surface area contributed by atoms with Crippen molar-refractivity contribution in [1.29, 1.82) is 0 Å². The van der Waals surface area contributed by atoms with Gasteiger partial charge in [0.05, 0.1) is 24.3 Å². The predicted octanol–water partition coefficient (Wildman–Crippen LogP) is 3.05. The summed E-state index contributed by atoms with van der Waals surface area (Å²) in [6.07, 6.45) is -4.56. The van der Waals surface area contributed by atoms with Crippen LogP contribution in [0.1, 0.15) is 16.7 Å². The molecule has 30 heavy (non-hydrogen) atoms. The number of aliphatic hydroxyl groups excluding tert-OH is 1. The van der Waals surface area contributed by atoms with Crippen LogP contribution in [0, 0.1) is 5.82 Å². The molecule has 0 aromatic heterocycles. The largest absolute Gasteiger partial charge is 0.416 e. The summed E-state index contributed by atoms with van der Waals surface area (Å²) in [6.45, 7) is -0.592. The van der Waals surface area contributed by atoms with Crippen molar-refractivity contribution in [1.82, 2.24) is 9.80 Å². The summed E-state index contributed by atoms with van der Waals surface area (Å²) in [6, 6.07) is 9.34. The molecule has 158 valence electrons. The van der Waals surface area contributed by atoms with Crippen LogP contribution in [0.3, 0.4) is 0 Å². The first-order valence-corrected chi connectivity index (χ1v) is 8.98. The molecule has 1 aliphatic rings. The molecule has 0 radical (unpaired) electrons. The summed E-state index contributed by atoms with van der Waals surface area (Å²) < 4.78 is 52.3. The number of amides is 2. The normalized spacial score (nSPS) is 14.7. The number of nitrogens with zero attached hydrogens (tertiary/aromatic N) is 2. The fourth-order valence-electron chi connectivity index (χ4n) is 3.23.